The molecule has 0 saturated carbocycles. The first-order chi connectivity index (χ1) is 13.1. The van der Waals surface area contributed by atoms with Crippen molar-refractivity contribution in [3.8, 4) is 6.07 Å². The van der Waals surface area contributed by atoms with Crippen molar-refractivity contribution < 1.29 is 9.59 Å². The van der Waals surface area contributed by atoms with Gasteiger partial charge in [-0.2, -0.15) is 5.26 Å². The number of carbonyl (C=O) groups is 2. The fraction of sp³-hybridized carbons (Fsp3) is 0.0455. The van der Waals surface area contributed by atoms with Crippen molar-refractivity contribution in [3.63, 3.8) is 0 Å². The van der Waals surface area contributed by atoms with E-state index in [0.717, 1.165) is 5.56 Å². The van der Waals surface area contributed by atoms with Crippen molar-refractivity contribution in [3.05, 3.63) is 95.1 Å². The Bertz CT molecular complexity index is 1050. The Morgan fingerprint density at radius 2 is 1.63 bits per heavy atom. The molecule has 0 saturated heterocycles. The molecule has 0 radical (unpaired) electrons. The number of carbonyl (C=O) groups excluding carboxylic acids is 2. The van der Waals surface area contributed by atoms with Crippen LogP contribution in [0.5, 0.6) is 0 Å². The van der Waals surface area contributed by atoms with Crippen LogP contribution in [-0.2, 0) is 0 Å². The lowest BCUT2D eigenvalue weighted by atomic mass is 10.1. The van der Waals surface area contributed by atoms with Gasteiger partial charge in [0, 0.05) is 11.3 Å². The number of amides is 2. The van der Waals surface area contributed by atoms with E-state index in [0.29, 0.717) is 28.1 Å². The highest BCUT2D eigenvalue weighted by Gasteiger charge is 2.14. The molecule has 0 aliphatic heterocycles. The van der Waals surface area contributed by atoms with E-state index < -0.39 is 0 Å². The van der Waals surface area contributed by atoms with Gasteiger partial charge in [-0.15, -0.1) is 0 Å². The van der Waals surface area contributed by atoms with Gasteiger partial charge in [-0.05, 0) is 55.0 Å². The molecule has 2 N–H and O–H groups in total. The zero-order chi connectivity index (χ0) is 19.2. The molecule has 0 unspecified atom stereocenters. The molecule has 3 aromatic rings. The molecule has 0 atom stereocenters. The lowest BCUT2D eigenvalue weighted by Crippen LogP contribution is -2.18. The maximum atomic E-state index is 12.7. The van der Waals surface area contributed by atoms with Gasteiger partial charge in [0.15, 0.2) is 0 Å². The fourth-order valence-electron chi connectivity index (χ4n) is 2.64. The first kappa shape index (κ1) is 17.9. The number of para-hydroxylation sites is 1. The van der Waals surface area contributed by atoms with Gasteiger partial charge >= 0.3 is 0 Å². The number of hydrogen-bond donors (Lipinski definition) is 2. The van der Waals surface area contributed by atoms with Crippen molar-refractivity contribution in [2.45, 2.75) is 6.92 Å². The monoisotopic (exact) mass is 355 g/mol. The molecule has 0 aliphatic carbocycles. The Kier molecular flexibility index (Phi) is 5.29. The minimum Gasteiger partial charge on any atom is -0.322 e. The third-order valence-electron chi connectivity index (χ3n) is 3.95. The topological polar surface area (TPSA) is 82.0 Å². The number of hydrogen-bond acceptors (Lipinski definition) is 3. The third-order valence-corrected chi connectivity index (χ3v) is 3.95. The first-order valence-corrected chi connectivity index (χ1v) is 8.35. The lowest BCUT2D eigenvalue weighted by molar-refractivity contribution is 0.102. The predicted molar refractivity (Wildman–Crippen MR) is 105 cm³/mol. The summed E-state index contributed by atoms with van der Waals surface area (Å²) in [6.45, 7) is 1.94. The molecule has 0 aromatic heterocycles. The van der Waals surface area contributed by atoms with Crippen molar-refractivity contribution in [1.82, 2.24) is 0 Å². The summed E-state index contributed by atoms with van der Waals surface area (Å²) in [5, 5.41) is 14.6. The number of anilines is 2. The fourth-order valence-corrected chi connectivity index (χ4v) is 2.64. The number of aryl methyl sites for hydroxylation is 1. The summed E-state index contributed by atoms with van der Waals surface area (Å²) < 4.78 is 0. The molecule has 0 heterocycles. The van der Waals surface area contributed by atoms with E-state index in [1.54, 1.807) is 48.5 Å². The summed E-state index contributed by atoms with van der Waals surface area (Å²) in [6, 6.07) is 22.7. The number of benzene rings is 3. The van der Waals surface area contributed by atoms with Crippen LogP contribution >= 0.6 is 0 Å². The van der Waals surface area contributed by atoms with Gasteiger partial charge in [0.05, 0.1) is 22.9 Å². The molecule has 5 nitrogen and oxygen atoms in total. The second-order valence-electron chi connectivity index (χ2n) is 6.02. The third kappa shape index (κ3) is 4.39. The van der Waals surface area contributed by atoms with Crippen molar-refractivity contribution in [2.24, 2.45) is 0 Å². The second-order valence-corrected chi connectivity index (χ2v) is 6.02. The Balaban J connectivity index is 1.82. The quantitative estimate of drug-likeness (QED) is 0.729. The normalized spacial score (nSPS) is 9.93. The van der Waals surface area contributed by atoms with Crippen LogP contribution in [0.2, 0.25) is 0 Å². The van der Waals surface area contributed by atoms with E-state index in [1.807, 2.05) is 31.2 Å². The summed E-state index contributed by atoms with van der Waals surface area (Å²) in [5.74, 6) is -0.704. The summed E-state index contributed by atoms with van der Waals surface area (Å²) >= 11 is 0. The molecule has 3 aromatic carbocycles. The minimum atomic E-state index is -0.386. The van der Waals surface area contributed by atoms with Crippen LogP contribution in [0, 0.1) is 18.3 Å². The number of nitriles is 1. The van der Waals surface area contributed by atoms with E-state index in [9.17, 15) is 9.59 Å². The highest BCUT2D eigenvalue weighted by Crippen LogP contribution is 2.19. The zero-order valence-corrected chi connectivity index (χ0v) is 14.7. The Morgan fingerprint density at radius 1 is 0.852 bits per heavy atom. The molecule has 0 spiro atoms. The van der Waals surface area contributed by atoms with E-state index in [1.165, 1.54) is 6.07 Å². The van der Waals surface area contributed by atoms with Crippen LogP contribution < -0.4 is 10.6 Å². The van der Waals surface area contributed by atoms with Crippen molar-refractivity contribution in [1.29, 1.82) is 5.26 Å². The highest BCUT2D eigenvalue weighted by atomic mass is 16.2. The summed E-state index contributed by atoms with van der Waals surface area (Å²) in [4.78, 5) is 25.2. The molecule has 0 bridgehead atoms. The van der Waals surface area contributed by atoms with E-state index in [-0.39, 0.29) is 11.8 Å². The molecular formula is C22H17N3O2. The highest BCUT2D eigenvalue weighted by molar-refractivity contribution is 6.12. The predicted octanol–water partition coefficient (Wildman–Crippen LogP) is 4.37. The number of nitrogens with zero attached hydrogens (tertiary/aromatic N) is 1. The number of nitrogens with one attached hydrogen (secondary N) is 2. The lowest BCUT2D eigenvalue weighted by Gasteiger charge is -2.12. The van der Waals surface area contributed by atoms with Gasteiger partial charge < -0.3 is 10.6 Å². The van der Waals surface area contributed by atoms with Gasteiger partial charge in [0.1, 0.15) is 0 Å². The van der Waals surface area contributed by atoms with Crippen LogP contribution in [0.4, 0.5) is 11.4 Å². The first-order valence-electron chi connectivity index (χ1n) is 8.35. The van der Waals surface area contributed by atoms with Crippen LogP contribution in [0.1, 0.15) is 31.8 Å². The van der Waals surface area contributed by atoms with Gasteiger partial charge in [0.25, 0.3) is 11.8 Å². The van der Waals surface area contributed by atoms with E-state index >= 15 is 0 Å². The standard InChI is InChI=1S/C22H17N3O2/c1-15-6-4-9-18(12-15)24-22(27)19-10-2-3-11-20(19)25-21(26)17-8-5-7-16(13-17)14-23/h2-13H,1H3,(H,24,27)(H,25,26). The Morgan fingerprint density at radius 3 is 2.41 bits per heavy atom. The molecule has 2 amide bonds. The van der Waals surface area contributed by atoms with Crippen LogP contribution in [0.15, 0.2) is 72.8 Å². The van der Waals surface area contributed by atoms with Crippen LogP contribution in [0.25, 0.3) is 0 Å². The average Bonchev–Trinajstić information content (AvgIpc) is 2.68. The summed E-state index contributed by atoms with van der Waals surface area (Å²) in [5.41, 5.74) is 3.21. The smallest absolute Gasteiger partial charge is 0.257 e. The zero-order valence-electron chi connectivity index (χ0n) is 14.7. The van der Waals surface area contributed by atoms with E-state index in [2.05, 4.69) is 10.6 Å². The van der Waals surface area contributed by atoms with Gasteiger partial charge in [-0.3, -0.25) is 9.59 Å². The van der Waals surface area contributed by atoms with Crippen molar-refractivity contribution in [2.75, 3.05) is 10.6 Å². The second kappa shape index (κ2) is 7.98. The maximum Gasteiger partial charge on any atom is 0.257 e. The Labute approximate surface area is 157 Å². The van der Waals surface area contributed by atoms with E-state index in [4.69, 9.17) is 5.26 Å². The summed E-state index contributed by atoms with van der Waals surface area (Å²) in [6.07, 6.45) is 0. The molecular weight excluding hydrogens is 338 g/mol. The molecule has 5 heteroatoms. The maximum absolute atomic E-state index is 12.7. The minimum absolute atomic E-state index is 0.317. The van der Waals surface area contributed by atoms with Crippen LogP contribution in [-0.4, -0.2) is 11.8 Å². The number of rotatable bonds is 4. The van der Waals surface area contributed by atoms with Crippen LogP contribution in [0.3, 0.4) is 0 Å². The molecule has 0 aliphatic rings. The largest absolute Gasteiger partial charge is 0.322 e. The molecule has 3 rings (SSSR count). The molecule has 132 valence electrons. The molecule has 0 fully saturated rings. The van der Waals surface area contributed by atoms with Gasteiger partial charge in [0.2, 0.25) is 0 Å². The molecule has 27 heavy (non-hydrogen) atoms. The van der Waals surface area contributed by atoms with Crippen molar-refractivity contribution >= 4 is 23.2 Å². The van der Waals surface area contributed by atoms with Gasteiger partial charge in [-0.1, -0.05) is 30.3 Å². The Hall–Kier alpha value is -3.91. The summed E-state index contributed by atoms with van der Waals surface area (Å²) in [7, 11) is 0. The average molecular weight is 355 g/mol. The SMILES string of the molecule is Cc1cccc(NC(=O)c2ccccc2NC(=O)c2cccc(C#N)c2)c1. The van der Waals surface area contributed by atoms with Gasteiger partial charge in [-0.25, -0.2) is 0 Å².